The van der Waals surface area contributed by atoms with Crippen LogP contribution in [0.2, 0.25) is 0 Å². The van der Waals surface area contributed by atoms with Crippen LogP contribution in [0.3, 0.4) is 0 Å². The quantitative estimate of drug-likeness (QED) is 0.692. The fourth-order valence-electron chi connectivity index (χ4n) is 2.75. The first kappa shape index (κ1) is 22.3. The summed E-state index contributed by atoms with van der Waals surface area (Å²) in [6, 6.07) is 7.84. The number of esters is 1. The van der Waals surface area contributed by atoms with Gasteiger partial charge in [-0.1, -0.05) is 0 Å². The number of hydrogen-bond acceptors (Lipinski definition) is 7. The number of rotatable bonds is 6. The summed E-state index contributed by atoms with van der Waals surface area (Å²) in [7, 11) is 0. The van der Waals surface area contributed by atoms with Gasteiger partial charge in [-0.25, -0.2) is 9.78 Å². The number of halogens is 3. The van der Waals surface area contributed by atoms with E-state index in [-0.39, 0.29) is 11.3 Å². The Bertz CT molecular complexity index is 898. The predicted octanol–water partition coefficient (Wildman–Crippen LogP) is 3.00. The van der Waals surface area contributed by atoms with Crippen molar-refractivity contribution in [2.75, 3.05) is 36.5 Å². The molecular formula is C20H20F3N3O5. The first-order valence-corrected chi connectivity index (χ1v) is 9.38. The standard InChI is InChI=1S/C20H20F3N3O5/c1-13(18(27)25-15-3-5-16(6-4-15)31-20(21,22)23)30-19(28)14-2-7-17(24-12-14)26-8-10-29-11-9-26/h2-7,12-13H,8-11H2,1H3,(H,25,27). The summed E-state index contributed by atoms with van der Waals surface area (Å²) in [6.07, 6.45) is -4.57. The van der Waals surface area contributed by atoms with Crippen molar-refractivity contribution in [3.05, 3.63) is 48.2 Å². The van der Waals surface area contributed by atoms with Gasteiger partial charge >= 0.3 is 12.3 Å². The van der Waals surface area contributed by atoms with Gasteiger partial charge in [0.05, 0.1) is 18.8 Å². The van der Waals surface area contributed by atoms with Crippen molar-refractivity contribution >= 4 is 23.4 Å². The molecule has 166 valence electrons. The van der Waals surface area contributed by atoms with Gasteiger partial charge in [0.2, 0.25) is 0 Å². The van der Waals surface area contributed by atoms with Crippen molar-refractivity contribution in [1.29, 1.82) is 0 Å². The smallest absolute Gasteiger partial charge is 0.449 e. The summed E-state index contributed by atoms with van der Waals surface area (Å²) < 4.78 is 50.7. The van der Waals surface area contributed by atoms with Gasteiger partial charge in [-0.05, 0) is 43.3 Å². The predicted molar refractivity (Wildman–Crippen MR) is 104 cm³/mol. The fourth-order valence-corrected chi connectivity index (χ4v) is 2.75. The maximum Gasteiger partial charge on any atom is 0.573 e. The lowest BCUT2D eigenvalue weighted by molar-refractivity contribution is -0.274. The molecule has 0 aliphatic carbocycles. The molecule has 0 spiro atoms. The van der Waals surface area contributed by atoms with Gasteiger partial charge in [0.25, 0.3) is 5.91 Å². The Morgan fingerprint density at radius 1 is 1.13 bits per heavy atom. The van der Waals surface area contributed by atoms with Crippen molar-refractivity contribution in [2.45, 2.75) is 19.4 Å². The van der Waals surface area contributed by atoms with Crippen molar-refractivity contribution in [3.63, 3.8) is 0 Å². The number of pyridine rings is 1. The lowest BCUT2D eigenvalue weighted by atomic mass is 10.2. The molecule has 8 nitrogen and oxygen atoms in total. The number of carbonyl (C=O) groups is 2. The third-order valence-corrected chi connectivity index (χ3v) is 4.33. The van der Waals surface area contributed by atoms with Crippen LogP contribution in [0, 0.1) is 0 Å². The number of morpholine rings is 1. The maximum absolute atomic E-state index is 12.3. The lowest BCUT2D eigenvalue weighted by Crippen LogP contribution is -2.36. The first-order chi connectivity index (χ1) is 14.7. The van der Waals surface area contributed by atoms with Crippen molar-refractivity contribution in [1.82, 2.24) is 4.98 Å². The Kier molecular flexibility index (Phi) is 6.95. The van der Waals surface area contributed by atoms with Gasteiger partial charge in [0.15, 0.2) is 6.10 Å². The summed E-state index contributed by atoms with van der Waals surface area (Å²) in [5, 5.41) is 2.45. The van der Waals surface area contributed by atoms with Crippen molar-refractivity contribution in [3.8, 4) is 5.75 Å². The Labute approximate surface area is 175 Å². The zero-order valence-corrected chi connectivity index (χ0v) is 16.5. The van der Waals surface area contributed by atoms with E-state index in [1.165, 1.54) is 25.3 Å². The molecule has 3 rings (SSSR count). The van der Waals surface area contributed by atoms with Gasteiger partial charge in [-0.3, -0.25) is 4.79 Å². The van der Waals surface area contributed by atoms with E-state index in [1.807, 2.05) is 4.90 Å². The summed E-state index contributed by atoms with van der Waals surface area (Å²) in [4.78, 5) is 30.8. The number of anilines is 2. The average molecular weight is 439 g/mol. The Hall–Kier alpha value is -3.34. The molecule has 0 saturated carbocycles. The molecular weight excluding hydrogens is 419 g/mol. The largest absolute Gasteiger partial charge is 0.573 e. The number of benzene rings is 1. The number of hydrogen-bond donors (Lipinski definition) is 1. The molecule has 1 aromatic carbocycles. The van der Waals surface area contributed by atoms with Crippen LogP contribution in [0.25, 0.3) is 0 Å². The molecule has 1 amide bonds. The highest BCUT2D eigenvalue weighted by molar-refractivity contribution is 5.97. The van der Waals surface area contributed by atoms with Crippen LogP contribution >= 0.6 is 0 Å². The highest BCUT2D eigenvalue weighted by Crippen LogP contribution is 2.24. The number of carbonyl (C=O) groups excluding carboxylic acids is 2. The van der Waals surface area contributed by atoms with Gasteiger partial charge in [0.1, 0.15) is 11.6 Å². The minimum Gasteiger partial charge on any atom is -0.449 e. The number of ether oxygens (including phenoxy) is 3. The number of nitrogens with one attached hydrogen (secondary N) is 1. The van der Waals surface area contributed by atoms with Crippen LogP contribution in [-0.4, -0.2) is 55.6 Å². The third kappa shape index (κ3) is 6.57. The molecule has 31 heavy (non-hydrogen) atoms. The zero-order valence-electron chi connectivity index (χ0n) is 16.5. The molecule has 1 aliphatic rings. The molecule has 1 saturated heterocycles. The van der Waals surface area contributed by atoms with Crippen LogP contribution in [0.15, 0.2) is 42.6 Å². The van der Waals surface area contributed by atoms with E-state index in [9.17, 15) is 22.8 Å². The molecule has 1 aromatic heterocycles. The van der Waals surface area contributed by atoms with Gasteiger partial charge in [-0.15, -0.1) is 13.2 Å². The minimum absolute atomic E-state index is 0.185. The molecule has 0 radical (unpaired) electrons. The van der Waals surface area contributed by atoms with E-state index in [2.05, 4.69) is 15.0 Å². The minimum atomic E-state index is -4.80. The SMILES string of the molecule is CC(OC(=O)c1ccc(N2CCOCC2)nc1)C(=O)Nc1ccc(OC(F)(F)F)cc1. The summed E-state index contributed by atoms with van der Waals surface area (Å²) in [5.74, 6) is -1.07. The second-order valence-electron chi connectivity index (χ2n) is 6.61. The van der Waals surface area contributed by atoms with E-state index in [0.717, 1.165) is 12.1 Å². The highest BCUT2D eigenvalue weighted by Gasteiger charge is 2.31. The van der Waals surface area contributed by atoms with Gasteiger partial charge in [-0.2, -0.15) is 0 Å². The monoisotopic (exact) mass is 439 g/mol. The molecule has 1 fully saturated rings. The number of amides is 1. The van der Waals surface area contributed by atoms with E-state index >= 15 is 0 Å². The maximum atomic E-state index is 12.3. The second-order valence-corrected chi connectivity index (χ2v) is 6.61. The van der Waals surface area contributed by atoms with Crippen LogP contribution in [-0.2, 0) is 14.3 Å². The van der Waals surface area contributed by atoms with Crippen LogP contribution in [0.4, 0.5) is 24.7 Å². The molecule has 2 heterocycles. The van der Waals surface area contributed by atoms with E-state index in [0.29, 0.717) is 32.1 Å². The zero-order chi connectivity index (χ0) is 22.4. The Morgan fingerprint density at radius 2 is 1.81 bits per heavy atom. The summed E-state index contributed by atoms with van der Waals surface area (Å²) in [5.41, 5.74) is 0.407. The van der Waals surface area contributed by atoms with Gasteiger partial charge in [0, 0.05) is 25.0 Å². The molecule has 2 aromatic rings. The van der Waals surface area contributed by atoms with E-state index in [1.54, 1.807) is 12.1 Å². The van der Waals surface area contributed by atoms with Crippen LogP contribution in [0.1, 0.15) is 17.3 Å². The molecule has 1 N–H and O–H groups in total. The molecule has 1 aliphatic heterocycles. The average Bonchev–Trinajstić information content (AvgIpc) is 2.74. The lowest BCUT2D eigenvalue weighted by Gasteiger charge is -2.27. The van der Waals surface area contributed by atoms with Crippen molar-refractivity contribution in [2.24, 2.45) is 0 Å². The normalized spacial score (nSPS) is 15.2. The second kappa shape index (κ2) is 9.65. The van der Waals surface area contributed by atoms with Crippen LogP contribution < -0.4 is 15.0 Å². The molecule has 1 atom stereocenters. The third-order valence-electron chi connectivity index (χ3n) is 4.33. The number of aromatic nitrogens is 1. The van der Waals surface area contributed by atoms with Crippen molar-refractivity contribution < 1.29 is 37.0 Å². The van der Waals surface area contributed by atoms with Gasteiger partial charge < -0.3 is 24.4 Å². The highest BCUT2D eigenvalue weighted by atomic mass is 19.4. The van der Waals surface area contributed by atoms with Crippen LogP contribution in [0.5, 0.6) is 5.75 Å². The summed E-state index contributed by atoms with van der Waals surface area (Å²) in [6.45, 7) is 4.00. The van der Waals surface area contributed by atoms with E-state index in [4.69, 9.17) is 9.47 Å². The fraction of sp³-hybridized carbons (Fsp3) is 0.350. The molecule has 0 bridgehead atoms. The number of nitrogens with zero attached hydrogens (tertiary/aromatic N) is 2. The summed E-state index contributed by atoms with van der Waals surface area (Å²) >= 11 is 0. The first-order valence-electron chi connectivity index (χ1n) is 9.38. The topological polar surface area (TPSA) is 90.0 Å². The molecule has 1 unspecified atom stereocenters. The Morgan fingerprint density at radius 3 is 2.39 bits per heavy atom. The Balaban J connectivity index is 1.52. The number of alkyl halides is 3. The van der Waals surface area contributed by atoms with E-state index < -0.39 is 30.1 Å². The molecule has 11 heteroatoms.